The Bertz CT molecular complexity index is 194. The van der Waals surface area contributed by atoms with Crippen molar-refractivity contribution in [1.29, 1.82) is 0 Å². The van der Waals surface area contributed by atoms with Crippen LogP contribution < -0.4 is 0 Å². The van der Waals surface area contributed by atoms with E-state index in [2.05, 4.69) is 20.8 Å². The van der Waals surface area contributed by atoms with Crippen LogP contribution in [0.1, 0.15) is 40.5 Å². The van der Waals surface area contributed by atoms with Crippen molar-refractivity contribution in [3.8, 4) is 0 Å². The van der Waals surface area contributed by atoms with Crippen LogP contribution in [0.3, 0.4) is 0 Å². The zero-order valence-electron chi connectivity index (χ0n) is 7.89. The Morgan fingerprint density at radius 2 is 2.18 bits per heavy atom. The van der Waals surface area contributed by atoms with Gasteiger partial charge in [0.2, 0.25) is 11.8 Å². The zero-order chi connectivity index (χ0) is 8.65. The maximum atomic E-state index is 9.59. The molecule has 1 aliphatic heterocycles. The number of hydrogen-bond acceptors (Lipinski definition) is 1. The van der Waals surface area contributed by atoms with Gasteiger partial charge in [-0.25, -0.2) is 0 Å². The second-order valence-electron chi connectivity index (χ2n) is 4.17. The third-order valence-electron chi connectivity index (χ3n) is 2.69. The molecule has 1 unspecified atom stereocenters. The fourth-order valence-corrected chi connectivity index (χ4v) is 2.18. The molecule has 0 bridgehead atoms. The lowest BCUT2D eigenvalue weighted by atomic mass is 9.82. The van der Waals surface area contributed by atoms with E-state index in [1.165, 1.54) is 4.74 Å². The van der Waals surface area contributed by atoms with Crippen molar-refractivity contribution in [2.24, 2.45) is 5.41 Å². The van der Waals surface area contributed by atoms with Crippen molar-refractivity contribution in [3.63, 3.8) is 0 Å². The third kappa shape index (κ3) is 1.26. The number of hydroxylamine groups is 1. The van der Waals surface area contributed by atoms with Gasteiger partial charge in [0.25, 0.3) is 0 Å². The minimum atomic E-state index is 0.244. The first-order valence-corrected chi connectivity index (χ1v) is 4.29. The summed E-state index contributed by atoms with van der Waals surface area (Å²) in [6.45, 7) is 8.54. The molecule has 1 N–H and O–H groups in total. The van der Waals surface area contributed by atoms with Gasteiger partial charge >= 0.3 is 0 Å². The summed E-state index contributed by atoms with van der Waals surface area (Å²) in [5.41, 5.74) is 1.34. The predicted molar refractivity (Wildman–Crippen MR) is 45.2 cm³/mol. The summed E-state index contributed by atoms with van der Waals surface area (Å²) in [5, 5.41) is 9.59. The Kier molecular flexibility index (Phi) is 1.95. The molecular weight excluding hydrogens is 138 g/mol. The average Bonchev–Trinajstić information content (AvgIpc) is 2.03. The summed E-state index contributed by atoms with van der Waals surface area (Å²) < 4.78 is 1.44. The van der Waals surface area contributed by atoms with Crippen LogP contribution >= 0.6 is 0 Å². The number of nitrogens with zero attached hydrogens (tertiary/aromatic N) is 1. The van der Waals surface area contributed by atoms with Gasteiger partial charge < -0.3 is 0 Å². The van der Waals surface area contributed by atoms with E-state index in [9.17, 15) is 5.21 Å². The molecule has 1 heterocycles. The third-order valence-corrected chi connectivity index (χ3v) is 2.69. The first-order chi connectivity index (χ1) is 4.99. The molecule has 2 nitrogen and oxygen atoms in total. The second kappa shape index (κ2) is 2.50. The molecule has 2 heteroatoms. The molecule has 1 rings (SSSR count). The maximum Gasteiger partial charge on any atom is 0.207 e. The Morgan fingerprint density at radius 1 is 1.64 bits per heavy atom. The van der Waals surface area contributed by atoms with Gasteiger partial charge in [-0.05, 0) is 4.74 Å². The van der Waals surface area contributed by atoms with Gasteiger partial charge in [0.1, 0.15) is 0 Å². The zero-order valence-corrected chi connectivity index (χ0v) is 7.89. The van der Waals surface area contributed by atoms with E-state index in [4.69, 9.17) is 0 Å². The predicted octanol–water partition coefficient (Wildman–Crippen LogP) is 2.06. The molecule has 11 heavy (non-hydrogen) atoms. The van der Waals surface area contributed by atoms with Gasteiger partial charge in [0.05, 0.1) is 0 Å². The molecular formula is C9H18NO+. The molecule has 0 fully saturated rings. The quantitative estimate of drug-likeness (QED) is 0.456. The molecule has 0 aliphatic carbocycles. The van der Waals surface area contributed by atoms with E-state index in [-0.39, 0.29) is 5.41 Å². The summed E-state index contributed by atoms with van der Waals surface area (Å²) in [4.78, 5) is 0. The van der Waals surface area contributed by atoms with Crippen molar-refractivity contribution in [2.45, 2.75) is 46.6 Å². The largest absolute Gasteiger partial charge is 0.291 e. The highest BCUT2D eigenvalue weighted by Crippen LogP contribution is 2.34. The van der Waals surface area contributed by atoms with Gasteiger partial charge in [0.15, 0.2) is 0 Å². The Hall–Kier alpha value is -0.530. The fraction of sp³-hybridized carbons (Fsp3) is 0.889. The monoisotopic (exact) mass is 156 g/mol. The van der Waals surface area contributed by atoms with E-state index in [0.29, 0.717) is 6.04 Å². The highest BCUT2D eigenvalue weighted by Gasteiger charge is 2.46. The summed E-state index contributed by atoms with van der Waals surface area (Å²) in [5.74, 6) is 0. The second-order valence-corrected chi connectivity index (χ2v) is 4.17. The SMILES string of the molecule is CCC1[N+](O)=C(C)CC1(C)C. The summed E-state index contributed by atoms with van der Waals surface area (Å²) in [6, 6.07) is 0.308. The average molecular weight is 156 g/mol. The molecule has 0 amide bonds. The van der Waals surface area contributed by atoms with Gasteiger partial charge in [-0.15, -0.1) is 0 Å². The fourth-order valence-electron chi connectivity index (χ4n) is 2.18. The van der Waals surface area contributed by atoms with Crippen molar-refractivity contribution in [1.82, 2.24) is 0 Å². The molecule has 0 aromatic heterocycles. The topological polar surface area (TPSA) is 23.2 Å². The van der Waals surface area contributed by atoms with Crippen LogP contribution in [0.5, 0.6) is 0 Å². The highest BCUT2D eigenvalue weighted by atomic mass is 16.5. The van der Waals surface area contributed by atoms with Gasteiger partial charge in [-0.2, -0.15) is 0 Å². The highest BCUT2D eigenvalue weighted by molar-refractivity contribution is 5.78. The molecule has 0 aromatic rings. The van der Waals surface area contributed by atoms with Crippen LogP contribution in [0, 0.1) is 5.41 Å². The van der Waals surface area contributed by atoms with E-state index >= 15 is 0 Å². The van der Waals surface area contributed by atoms with Crippen molar-refractivity contribution < 1.29 is 9.95 Å². The van der Waals surface area contributed by atoms with Crippen molar-refractivity contribution in [2.75, 3.05) is 0 Å². The normalized spacial score (nSPS) is 29.6. The lowest BCUT2D eigenvalue weighted by Crippen LogP contribution is -2.31. The molecule has 0 spiro atoms. The maximum absolute atomic E-state index is 9.59. The summed E-state index contributed by atoms with van der Waals surface area (Å²) in [7, 11) is 0. The van der Waals surface area contributed by atoms with Crippen LogP contribution in [0.2, 0.25) is 0 Å². The van der Waals surface area contributed by atoms with Crippen molar-refractivity contribution in [3.05, 3.63) is 0 Å². The minimum absolute atomic E-state index is 0.244. The first-order valence-electron chi connectivity index (χ1n) is 4.29. The van der Waals surface area contributed by atoms with Crippen LogP contribution in [0.25, 0.3) is 0 Å². The molecule has 1 aliphatic rings. The molecule has 0 aromatic carbocycles. The summed E-state index contributed by atoms with van der Waals surface area (Å²) in [6.07, 6.45) is 2.03. The van der Waals surface area contributed by atoms with E-state index < -0.39 is 0 Å². The van der Waals surface area contributed by atoms with Crippen LogP contribution in [-0.2, 0) is 0 Å². The number of hydrogen-bond donors (Lipinski definition) is 1. The van der Waals surface area contributed by atoms with E-state index in [1.54, 1.807) is 0 Å². The minimum Gasteiger partial charge on any atom is -0.291 e. The molecule has 64 valence electrons. The Morgan fingerprint density at radius 3 is 2.36 bits per heavy atom. The van der Waals surface area contributed by atoms with E-state index in [1.807, 2.05) is 6.92 Å². The van der Waals surface area contributed by atoms with Crippen LogP contribution in [0.4, 0.5) is 0 Å². The first kappa shape index (κ1) is 8.57. The molecule has 1 atom stereocenters. The lowest BCUT2D eigenvalue weighted by molar-refractivity contribution is -0.800. The Labute approximate surface area is 68.5 Å². The standard InChI is InChI=1S/C9H18NO/c1-5-8-9(3,4)6-7(2)10(8)11/h8,11H,5-6H2,1-4H3/q+1. The van der Waals surface area contributed by atoms with Crippen LogP contribution in [-0.4, -0.2) is 21.7 Å². The molecule has 0 saturated heterocycles. The van der Waals surface area contributed by atoms with E-state index in [0.717, 1.165) is 18.6 Å². The van der Waals surface area contributed by atoms with Gasteiger partial charge in [0, 0.05) is 25.2 Å². The van der Waals surface area contributed by atoms with Crippen molar-refractivity contribution >= 4 is 5.71 Å². The lowest BCUT2D eigenvalue weighted by Gasteiger charge is -2.18. The van der Waals surface area contributed by atoms with Gasteiger partial charge in [-0.1, -0.05) is 20.8 Å². The van der Waals surface area contributed by atoms with Gasteiger partial charge in [-0.3, -0.25) is 5.21 Å². The molecule has 0 saturated carbocycles. The Balaban J connectivity index is 2.87. The number of rotatable bonds is 1. The summed E-state index contributed by atoms with van der Waals surface area (Å²) >= 11 is 0. The smallest absolute Gasteiger partial charge is 0.207 e. The molecule has 0 radical (unpaired) electrons. The van der Waals surface area contributed by atoms with Crippen LogP contribution in [0.15, 0.2) is 0 Å².